The Morgan fingerprint density at radius 2 is 1.56 bits per heavy atom. The number of benzene rings is 2. The van der Waals surface area contributed by atoms with Crippen LogP contribution in [0.4, 0.5) is 0 Å². The lowest BCUT2D eigenvalue weighted by Crippen LogP contribution is -1.86. The maximum atomic E-state index is 2.25. The van der Waals surface area contributed by atoms with Gasteiger partial charge in [-0.15, -0.1) is 0 Å². The molecule has 0 heterocycles. The molecular weight excluding hydrogens is 256 g/mol. The molecule has 0 N–H and O–H groups in total. The molecule has 0 bridgehead atoms. The van der Waals surface area contributed by atoms with Gasteiger partial charge in [-0.2, -0.15) is 0 Å². The van der Waals surface area contributed by atoms with Crippen LogP contribution in [0.2, 0.25) is 0 Å². The molecule has 0 radical (unpaired) electrons. The fourth-order valence-corrected chi connectivity index (χ4v) is 3.97. The van der Waals surface area contributed by atoms with Crippen LogP contribution in [0, 0.1) is 0 Å². The van der Waals surface area contributed by atoms with E-state index in [2.05, 4.69) is 61.5 Å². The Hall–Kier alpha value is -0.860. The molecule has 0 saturated carbocycles. The van der Waals surface area contributed by atoms with E-state index in [9.17, 15) is 0 Å². The number of hydrogen-bond donors (Lipinski definition) is 0. The Morgan fingerprint density at radius 1 is 0.833 bits per heavy atom. The van der Waals surface area contributed by atoms with Gasteiger partial charge in [-0.25, -0.2) is 0 Å². The fourth-order valence-electron chi connectivity index (χ4n) is 1.73. The largest absolute Gasteiger partial charge is 0.0654 e. The van der Waals surface area contributed by atoms with E-state index in [0.29, 0.717) is 0 Å². The van der Waals surface area contributed by atoms with Gasteiger partial charge in [-0.05, 0) is 36.6 Å². The minimum atomic E-state index is 1.19. The van der Waals surface area contributed by atoms with Crippen molar-refractivity contribution in [3.05, 3.63) is 60.2 Å². The molecule has 0 atom stereocenters. The zero-order valence-corrected chi connectivity index (χ0v) is 12.3. The van der Waals surface area contributed by atoms with Gasteiger partial charge in [-0.1, -0.05) is 71.3 Å². The van der Waals surface area contributed by atoms with Gasteiger partial charge in [0.2, 0.25) is 0 Å². The molecule has 0 amide bonds. The maximum absolute atomic E-state index is 2.25. The van der Waals surface area contributed by atoms with Gasteiger partial charge in [0.15, 0.2) is 0 Å². The molecule has 2 aromatic rings. The summed E-state index contributed by atoms with van der Waals surface area (Å²) in [5, 5.41) is 0. The molecule has 0 fully saturated rings. The van der Waals surface area contributed by atoms with E-state index in [1.54, 1.807) is 0 Å². The highest BCUT2D eigenvalue weighted by Crippen LogP contribution is 2.39. The first-order valence-electron chi connectivity index (χ1n) is 6.37. The van der Waals surface area contributed by atoms with Crippen molar-refractivity contribution in [2.45, 2.75) is 36.0 Å². The molecule has 0 unspecified atom stereocenters. The molecule has 0 nitrogen and oxygen atoms in total. The molecule has 18 heavy (non-hydrogen) atoms. The van der Waals surface area contributed by atoms with E-state index in [1.807, 2.05) is 21.6 Å². The van der Waals surface area contributed by atoms with Crippen LogP contribution in [0.1, 0.15) is 25.3 Å². The second kappa shape index (κ2) is 7.55. The second-order valence-corrected chi connectivity index (χ2v) is 6.44. The summed E-state index contributed by atoms with van der Waals surface area (Å²) in [6.45, 7) is 2.24. The van der Waals surface area contributed by atoms with Crippen LogP contribution in [0.15, 0.2) is 64.4 Å². The third-order valence-corrected chi connectivity index (χ3v) is 5.23. The zero-order valence-electron chi connectivity index (χ0n) is 10.6. The van der Waals surface area contributed by atoms with E-state index in [1.165, 1.54) is 34.6 Å². The lowest BCUT2D eigenvalue weighted by atomic mass is 10.1. The van der Waals surface area contributed by atoms with Gasteiger partial charge in [0, 0.05) is 9.79 Å². The molecule has 0 aliphatic heterocycles. The summed E-state index contributed by atoms with van der Waals surface area (Å²) >= 11 is 0. The predicted octanol–water partition coefficient (Wildman–Crippen LogP) is 5.83. The summed E-state index contributed by atoms with van der Waals surface area (Å²) in [5.74, 6) is 0. The lowest BCUT2D eigenvalue weighted by Gasteiger charge is -2.07. The van der Waals surface area contributed by atoms with Gasteiger partial charge >= 0.3 is 0 Å². The number of aryl methyl sites for hydroxylation is 1. The SMILES string of the molecule is CCCCc1ccccc1SSc1ccccc1. The quantitative estimate of drug-likeness (QED) is 0.608. The Morgan fingerprint density at radius 3 is 2.33 bits per heavy atom. The summed E-state index contributed by atoms with van der Waals surface area (Å²) in [6.07, 6.45) is 3.72. The van der Waals surface area contributed by atoms with Crippen LogP contribution in [0.3, 0.4) is 0 Å². The highest BCUT2D eigenvalue weighted by Gasteiger charge is 2.03. The van der Waals surface area contributed by atoms with Crippen LogP contribution < -0.4 is 0 Å². The van der Waals surface area contributed by atoms with Crippen LogP contribution in [-0.4, -0.2) is 0 Å². The Kier molecular flexibility index (Phi) is 5.69. The van der Waals surface area contributed by atoms with E-state index in [-0.39, 0.29) is 0 Å². The maximum Gasteiger partial charge on any atom is 0.0218 e. The molecule has 0 aliphatic rings. The third-order valence-electron chi connectivity index (χ3n) is 2.74. The van der Waals surface area contributed by atoms with Gasteiger partial charge in [0.1, 0.15) is 0 Å². The normalized spacial score (nSPS) is 10.5. The van der Waals surface area contributed by atoms with Crippen LogP contribution in [0.5, 0.6) is 0 Å². The first-order chi connectivity index (χ1) is 8.90. The molecule has 2 aromatic carbocycles. The Bertz CT molecular complexity index is 466. The molecule has 94 valence electrons. The van der Waals surface area contributed by atoms with Gasteiger partial charge in [-0.3, -0.25) is 0 Å². The van der Waals surface area contributed by atoms with Crippen molar-refractivity contribution in [1.82, 2.24) is 0 Å². The monoisotopic (exact) mass is 274 g/mol. The summed E-state index contributed by atoms with van der Waals surface area (Å²) < 4.78 is 0. The molecule has 0 saturated heterocycles. The minimum absolute atomic E-state index is 1.19. The van der Waals surface area contributed by atoms with Crippen molar-refractivity contribution in [2.75, 3.05) is 0 Å². The molecule has 2 rings (SSSR count). The van der Waals surface area contributed by atoms with E-state index in [0.717, 1.165) is 0 Å². The van der Waals surface area contributed by atoms with Crippen molar-refractivity contribution in [3.63, 3.8) is 0 Å². The Balaban J connectivity index is 2.00. The van der Waals surface area contributed by atoms with E-state index < -0.39 is 0 Å². The van der Waals surface area contributed by atoms with Crippen LogP contribution >= 0.6 is 21.6 Å². The van der Waals surface area contributed by atoms with E-state index >= 15 is 0 Å². The van der Waals surface area contributed by atoms with Crippen LogP contribution in [0.25, 0.3) is 0 Å². The molecule has 2 heteroatoms. The highest BCUT2D eigenvalue weighted by atomic mass is 33.1. The van der Waals surface area contributed by atoms with Crippen LogP contribution in [-0.2, 0) is 6.42 Å². The Labute approximate surface area is 118 Å². The molecule has 0 spiro atoms. The van der Waals surface area contributed by atoms with E-state index in [4.69, 9.17) is 0 Å². The summed E-state index contributed by atoms with van der Waals surface area (Å²) in [7, 11) is 3.71. The summed E-state index contributed by atoms with van der Waals surface area (Å²) in [4.78, 5) is 2.72. The van der Waals surface area contributed by atoms with Crippen molar-refractivity contribution in [2.24, 2.45) is 0 Å². The lowest BCUT2D eigenvalue weighted by molar-refractivity contribution is 0.785. The van der Waals surface area contributed by atoms with Gasteiger partial charge < -0.3 is 0 Å². The minimum Gasteiger partial charge on any atom is -0.0654 e. The third kappa shape index (κ3) is 4.11. The average Bonchev–Trinajstić information content (AvgIpc) is 2.45. The predicted molar refractivity (Wildman–Crippen MR) is 83.2 cm³/mol. The average molecular weight is 274 g/mol. The van der Waals surface area contributed by atoms with Gasteiger partial charge in [0.25, 0.3) is 0 Å². The smallest absolute Gasteiger partial charge is 0.0218 e. The second-order valence-electron chi connectivity index (χ2n) is 4.19. The van der Waals surface area contributed by atoms with Crippen molar-refractivity contribution in [3.8, 4) is 0 Å². The molecule has 0 aromatic heterocycles. The van der Waals surface area contributed by atoms with Crippen molar-refractivity contribution in [1.29, 1.82) is 0 Å². The summed E-state index contributed by atoms with van der Waals surface area (Å²) in [6, 6.07) is 19.3. The van der Waals surface area contributed by atoms with Crippen molar-refractivity contribution >= 4 is 21.6 Å². The highest BCUT2D eigenvalue weighted by molar-refractivity contribution is 8.76. The fraction of sp³-hybridized carbons (Fsp3) is 0.250. The van der Waals surface area contributed by atoms with Crippen molar-refractivity contribution < 1.29 is 0 Å². The molecular formula is C16H18S2. The topological polar surface area (TPSA) is 0 Å². The van der Waals surface area contributed by atoms with Gasteiger partial charge in [0.05, 0.1) is 0 Å². The molecule has 0 aliphatic carbocycles. The number of rotatable bonds is 6. The summed E-state index contributed by atoms with van der Waals surface area (Å²) in [5.41, 5.74) is 1.48. The first kappa shape index (κ1) is 13.6. The standard InChI is InChI=1S/C16H18S2/c1-2-3-9-14-10-7-8-13-16(14)18-17-15-11-5-4-6-12-15/h4-8,10-13H,2-3,9H2,1H3. The zero-order chi connectivity index (χ0) is 12.6. The number of unbranched alkanes of at least 4 members (excludes halogenated alkanes) is 1. The number of hydrogen-bond acceptors (Lipinski definition) is 2. The first-order valence-corrected chi connectivity index (χ1v) is 8.52.